The van der Waals surface area contributed by atoms with Gasteiger partial charge in [0.1, 0.15) is 0 Å². The number of piperidine rings is 1. The van der Waals surface area contributed by atoms with Crippen LogP contribution in [0.5, 0.6) is 0 Å². The number of H-pyrrole nitrogens is 1. The Morgan fingerprint density at radius 1 is 1.35 bits per heavy atom. The molecule has 138 valence electrons. The van der Waals surface area contributed by atoms with Crippen LogP contribution in [0, 0.1) is 19.8 Å². The number of likely N-dealkylation sites (tertiary alicyclic amines) is 1. The number of hydrogen-bond donors (Lipinski definition) is 3. The van der Waals surface area contributed by atoms with Crippen molar-refractivity contribution in [2.24, 2.45) is 11.7 Å². The van der Waals surface area contributed by atoms with Crippen molar-refractivity contribution >= 4 is 29.4 Å². The second-order valence-corrected chi connectivity index (χ2v) is 7.53. The number of aromatic amines is 1. The summed E-state index contributed by atoms with van der Waals surface area (Å²) in [6.07, 6.45) is 1.52. The van der Waals surface area contributed by atoms with Crippen LogP contribution in [-0.2, 0) is 4.79 Å². The highest BCUT2D eigenvalue weighted by molar-refractivity contribution is 7.99. The number of urea groups is 1. The molecule has 1 aliphatic rings. The Morgan fingerprint density at radius 3 is 2.81 bits per heavy atom. The average Bonchev–Trinajstić information content (AvgIpc) is 2.95. The molecule has 3 amide bonds. The number of nitrogens with one attached hydrogen (secondary N) is 2. The van der Waals surface area contributed by atoms with Gasteiger partial charge in [0.15, 0.2) is 0 Å². The van der Waals surface area contributed by atoms with Gasteiger partial charge < -0.3 is 16.0 Å². The number of carbonyl (C=O) groups excluding carboxylic acids is 2. The maximum Gasteiger partial charge on any atom is 0.321 e. The predicted octanol–water partition coefficient (Wildman–Crippen LogP) is 2.91. The van der Waals surface area contributed by atoms with E-state index in [2.05, 4.69) is 15.5 Å². The minimum absolute atomic E-state index is 0.204. The lowest BCUT2D eigenvalue weighted by atomic mass is 9.98. The molecular formula is C18H23N5O2S. The molecular weight excluding hydrogens is 350 g/mol. The number of aryl methyl sites for hydroxylation is 2. The quantitative estimate of drug-likeness (QED) is 0.766. The number of amides is 3. The van der Waals surface area contributed by atoms with Gasteiger partial charge in [-0.2, -0.15) is 5.10 Å². The molecule has 1 aromatic heterocycles. The standard InChI is InChI=1S/C18H23N5O2S/c1-11-16(12(2)22-21-11)26-15-8-4-3-7-14(15)20-18(25)23-9-5-6-13(10-23)17(19)24/h3-4,7-8,13H,5-6,9-10H2,1-2H3,(H2,19,24)(H,20,25)(H,21,22)/t13-/m0/s1. The Hall–Kier alpha value is -2.48. The highest BCUT2D eigenvalue weighted by Crippen LogP contribution is 2.36. The zero-order valence-electron chi connectivity index (χ0n) is 14.9. The van der Waals surface area contributed by atoms with Crippen LogP contribution in [0.1, 0.15) is 24.2 Å². The molecule has 4 N–H and O–H groups in total. The topological polar surface area (TPSA) is 104 Å². The molecule has 0 saturated carbocycles. The third-order valence-corrected chi connectivity index (χ3v) is 5.89. The van der Waals surface area contributed by atoms with E-state index in [1.54, 1.807) is 16.7 Å². The van der Waals surface area contributed by atoms with Crippen LogP contribution >= 0.6 is 11.8 Å². The van der Waals surface area contributed by atoms with Gasteiger partial charge in [0.2, 0.25) is 5.91 Å². The van der Waals surface area contributed by atoms with E-state index < -0.39 is 0 Å². The highest BCUT2D eigenvalue weighted by Gasteiger charge is 2.27. The minimum atomic E-state index is -0.343. The van der Waals surface area contributed by atoms with E-state index in [-0.39, 0.29) is 17.9 Å². The molecule has 2 heterocycles. The maximum absolute atomic E-state index is 12.7. The zero-order valence-corrected chi connectivity index (χ0v) is 15.7. The van der Waals surface area contributed by atoms with Crippen LogP contribution in [0.3, 0.4) is 0 Å². The molecule has 26 heavy (non-hydrogen) atoms. The lowest BCUT2D eigenvalue weighted by Crippen LogP contribution is -2.45. The molecule has 0 bridgehead atoms. The number of rotatable bonds is 4. The summed E-state index contributed by atoms with van der Waals surface area (Å²) in [6.45, 7) is 4.92. The molecule has 3 rings (SSSR count). The van der Waals surface area contributed by atoms with Crippen molar-refractivity contribution < 1.29 is 9.59 Å². The molecule has 2 aromatic rings. The van der Waals surface area contributed by atoms with E-state index in [1.165, 1.54) is 0 Å². The number of benzene rings is 1. The summed E-state index contributed by atoms with van der Waals surface area (Å²) in [7, 11) is 0. The van der Waals surface area contributed by atoms with Crippen molar-refractivity contribution in [2.75, 3.05) is 18.4 Å². The molecule has 1 aliphatic heterocycles. The Kier molecular flexibility index (Phi) is 5.51. The van der Waals surface area contributed by atoms with E-state index >= 15 is 0 Å². The summed E-state index contributed by atoms with van der Waals surface area (Å²) in [4.78, 5) is 27.7. The maximum atomic E-state index is 12.7. The summed E-state index contributed by atoms with van der Waals surface area (Å²) < 4.78 is 0. The monoisotopic (exact) mass is 373 g/mol. The number of carbonyl (C=O) groups is 2. The zero-order chi connectivity index (χ0) is 18.7. The van der Waals surface area contributed by atoms with Gasteiger partial charge in [0.25, 0.3) is 0 Å². The summed E-state index contributed by atoms with van der Waals surface area (Å²) >= 11 is 1.57. The summed E-state index contributed by atoms with van der Waals surface area (Å²) in [5.41, 5.74) is 8.06. The van der Waals surface area contributed by atoms with E-state index in [9.17, 15) is 9.59 Å². The molecule has 1 fully saturated rings. The number of aromatic nitrogens is 2. The van der Waals surface area contributed by atoms with Crippen LogP contribution in [0.15, 0.2) is 34.1 Å². The van der Waals surface area contributed by atoms with Gasteiger partial charge in [0.05, 0.1) is 22.2 Å². The van der Waals surface area contributed by atoms with Crippen LogP contribution in [-0.4, -0.2) is 40.1 Å². The van der Waals surface area contributed by atoms with Gasteiger partial charge >= 0.3 is 6.03 Å². The summed E-state index contributed by atoms with van der Waals surface area (Å²) in [5.74, 6) is -0.611. The Morgan fingerprint density at radius 2 is 2.12 bits per heavy atom. The Balaban J connectivity index is 1.74. The molecule has 0 unspecified atom stereocenters. The SMILES string of the molecule is Cc1n[nH]c(C)c1Sc1ccccc1NC(=O)N1CCC[C@H](C(N)=O)C1. The van der Waals surface area contributed by atoms with Crippen LogP contribution < -0.4 is 11.1 Å². The first-order chi connectivity index (χ1) is 12.5. The fourth-order valence-electron chi connectivity index (χ4n) is 3.05. The van der Waals surface area contributed by atoms with Gasteiger partial charge in [-0.05, 0) is 38.8 Å². The molecule has 0 radical (unpaired) electrons. The van der Waals surface area contributed by atoms with E-state index in [4.69, 9.17) is 5.73 Å². The number of anilines is 1. The largest absolute Gasteiger partial charge is 0.369 e. The third kappa shape index (κ3) is 4.01. The molecule has 7 nitrogen and oxygen atoms in total. The van der Waals surface area contributed by atoms with Crippen molar-refractivity contribution in [3.8, 4) is 0 Å². The first-order valence-electron chi connectivity index (χ1n) is 8.59. The van der Waals surface area contributed by atoms with Gasteiger partial charge in [-0.25, -0.2) is 4.79 Å². The molecule has 1 saturated heterocycles. The number of hydrogen-bond acceptors (Lipinski definition) is 4. The molecule has 0 spiro atoms. The van der Waals surface area contributed by atoms with Gasteiger partial charge in [-0.15, -0.1) is 0 Å². The van der Waals surface area contributed by atoms with Crippen molar-refractivity contribution in [2.45, 2.75) is 36.5 Å². The first-order valence-corrected chi connectivity index (χ1v) is 9.41. The molecule has 8 heteroatoms. The third-order valence-electron chi connectivity index (χ3n) is 4.51. The van der Waals surface area contributed by atoms with Gasteiger partial charge in [-0.1, -0.05) is 23.9 Å². The Bertz CT molecular complexity index is 800. The fraction of sp³-hybridized carbons (Fsp3) is 0.389. The summed E-state index contributed by atoms with van der Waals surface area (Å²) in [5, 5.41) is 10.2. The van der Waals surface area contributed by atoms with Crippen molar-refractivity contribution in [3.05, 3.63) is 35.7 Å². The van der Waals surface area contributed by atoms with E-state index in [0.717, 1.165) is 39.7 Å². The smallest absolute Gasteiger partial charge is 0.321 e. The molecule has 1 aromatic carbocycles. The first kappa shape index (κ1) is 18.3. The van der Waals surface area contributed by atoms with Crippen LogP contribution in [0.4, 0.5) is 10.5 Å². The fourth-order valence-corrected chi connectivity index (χ4v) is 4.04. The average molecular weight is 373 g/mol. The van der Waals surface area contributed by atoms with Crippen molar-refractivity contribution in [1.29, 1.82) is 0 Å². The van der Waals surface area contributed by atoms with Gasteiger partial charge in [-0.3, -0.25) is 9.89 Å². The Labute approximate surface area is 156 Å². The number of primary amides is 1. The van der Waals surface area contributed by atoms with Crippen molar-refractivity contribution in [3.63, 3.8) is 0 Å². The van der Waals surface area contributed by atoms with E-state index in [0.29, 0.717) is 13.1 Å². The minimum Gasteiger partial charge on any atom is -0.369 e. The lowest BCUT2D eigenvalue weighted by molar-refractivity contribution is -0.123. The van der Waals surface area contributed by atoms with Crippen LogP contribution in [0.25, 0.3) is 0 Å². The second-order valence-electron chi connectivity index (χ2n) is 6.48. The van der Waals surface area contributed by atoms with Crippen LogP contribution in [0.2, 0.25) is 0 Å². The number of para-hydroxylation sites is 1. The van der Waals surface area contributed by atoms with Gasteiger partial charge in [0, 0.05) is 23.7 Å². The normalized spacial score (nSPS) is 17.2. The summed E-state index contributed by atoms with van der Waals surface area (Å²) in [6, 6.07) is 7.46. The van der Waals surface area contributed by atoms with Crippen molar-refractivity contribution in [1.82, 2.24) is 15.1 Å². The molecule has 0 aliphatic carbocycles. The number of nitrogens with zero attached hydrogens (tertiary/aromatic N) is 2. The molecule has 1 atom stereocenters. The van der Waals surface area contributed by atoms with E-state index in [1.807, 2.05) is 38.1 Å². The lowest BCUT2D eigenvalue weighted by Gasteiger charge is -2.31. The number of nitrogens with two attached hydrogens (primary N) is 1. The predicted molar refractivity (Wildman–Crippen MR) is 101 cm³/mol. The highest BCUT2D eigenvalue weighted by atomic mass is 32.2. The second kappa shape index (κ2) is 7.82.